The van der Waals surface area contributed by atoms with Crippen molar-refractivity contribution in [3.63, 3.8) is 0 Å². The fourth-order valence-electron chi connectivity index (χ4n) is 3.58. The summed E-state index contributed by atoms with van der Waals surface area (Å²) < 4.78 is 0. The molecule has 0 spiro atoms. The Balaban J connectivity index is 2.11. The highest BCUT2D eigenvalue weighted by molar-refractivity contribution is 6.38. The van der Waals surface area contributed by atoms with Crippen LogP contribution in [-0.2, 0) is 22.6 Å². The minimum atomic E-state index is -0.963. The lowest BCUT2D eigenvalue weighted by molar-refractivity contribution is -0.145. The van der Waals surface area contributed by atoms with Crippen LogP contribution in [-0.4, -0.2) is 46.5 Å². The molecule has 0 bridgehead atoms. The number of aromatic amines is 1. The van der Waals surface area contributed by atoms with Crippen LogP contribution in [0, 0.1) is 11.3 Å². The summed E-state index contributed by atoms with van der Waals surface area (Å²) in [7, 11) is 6.11. The van der Waals surface area contributed by atoms with Gasteiger partial charge in [0.25, 0.3) is 0 Å². The molecular weight excluding hydrogens is 317 g/mol. The molecule has 0 aliphatic carbocycles. The Bertz CT molecular complexity index is 838. The number of rotatable bonds is 3. The third-order valence-electron chi connectivity index (χ3n) is 4.53. The van der Waals surface area contributed by atoms with Crippen LogP contribution in [0.3, 0.4) is 0 Å². The molecule has 3 rings (SSSR count). The van der Waals surface area contributed by atoms with Gasteiger partial charge >= 0.3 is 5.97 Å². The van der Waals surface area contributed by atoms with Crippen LogP contribution < -0.4 is 5.46 Å². The molecule has 1 aliphatic heterocycles. The number of amides is 1. The number of carboxylic acids is 1. The molecule has 0 unspecified atom stereocenters. The fourth-order valence-corrected chi connectivity index (χ4v) is 3.58. The highest BCUT2D eigenvalue weighted by Gasteiger charge is 2.34. The summed E-state index contributed by atoms with van der Waals surface area (Å²) in [4.78, 5) is 26.0. The highest BCUT2D eigenvalue weighted by atomic mass is 16.4. The second kappa shape index (κ2) is 6.21. The van der Waals surface area contributed by atoms with Crippen molar-refractivity contribution < 1.29 is 14.7 Å². The van der Waals surface area contributed by atoms with Crippen LogP contribution in [0.15, 0.2) is 12.3 Å². The van der Waals surface area contributed by atoms with E-state index >= 15 is 0 Å². The number of carbonyl (C=O) groups is 2. The molecule has 2 heterocycles. The normalized spacial score (nSPS) is 18.3. The van der Waals surface area contributed by atoms with E-state index in [0.717, 1.165) is 22.0 Å². The van der Waals surface area contributed by atoms with Gasteiger partial charge in [0.05, 0.1) is 24.1 Å². The zero-order chi connectivity index (χ0) is 18.4. The van der Waals surface area contributed by atoms with Crippen molar-refractivity contribution in [2.45, 2.75) is 40.2 Å². The third-order valence-corrected chi connectivity index (χ3v) is 4.53. The number of nitrogens with one attached hydrogen (secondary N) is 1. The molecule has 130 valence electrons. The van der Waals surface area contributed by atoms with Gasteiger partial charge in [-0.2, -0.15) is 5.10 Å². The number of nitrogens with zero attached hydrogens (tertiary/aromatic N) is 2. The summed E-state index contributed by atoms with van der Waals surface area (Å²) in [5.74, 6) is -1.65. The SMILES string of the molecule is [B]c1cc2c(c3cn[nH]c13)CN(CC(C)(C)C)C(=O)[C@H](CC(=O)O)C2. The number of aromatic nitrogens is 2. The maximum absolute atomic E-state index is 13.0. The van der Waals surface area contributed by atoms with Gasteiger partial charge in [-0.3, -0.25) is 14.7 Å². The third kappa shape index (κ3) is 3.55. The summed E-state index contributed by atoms with van der Waals surface area (Å²) in [6.07, 6.45) is 1.93. The van der Waals surface area contributed by atoms with Gasteiger partial charge in [-0.15, -0.1) is 0 Å². The van der Waals surface area contributed by atoms with E-state index in [9.17, 15) is 14.7 Å². The largest absolute Gasteiger partial charge is 0.481 e. The van der Waals surface area contributed by atoms with Gasteiger partial charge in [-0.25, -0.2) is 0 Å². The molecule has 0 fully saturated rings. The number of H-pyrrole nitrogens is 1. The Labute approximate surface area is 148 Å². The zero-order valence-corrected chi connectivity index (χ0v) is 14.8. The zero-order valence-electron chi connectivity index (χ0n) is 14.8. The van der Waals surface area contributed by atoms with E-state index in [2.05, 4.69) is 31.0 Å². The standard InChI is InChI=1S/C18H22BN3O3/c1-18(2,3)9-22-8-13-10(4-11(17(22)25)6-15(23)24)5-14(19)16-12(13)7-20-21-16/h5,7,11H,4,6,8-9H2,1-3H3,(H,20,21)(H,23,24)/t11-/m0/s1. The molecule has 6 nitrogen and oxygen atoms in total. The highest BCUT2D eigenvalue weighted by Crippen LogP contribution is 2.31. The number of carboxylic acid groups (broad SMARTS) is 1. The Morgan fingerprint density at radius 3 is 2.84 bits per heavy atom. The number of aliphatic carboxylic acids is 1. The van der Waals surface area contributed by atoms with Gasteiger partial charge in [-0.1, -0.05) is 32.3 Å². The molecule has 1 amide bonds. The minimum Gasteiger partial charge on any atom is -0.481 e. The maximum atomic E-state index is 13.0. The number of fused-ring (bicyclic) bond motifs is 3. The van der Waals surface area contributed by atoms with Crippen molar-refractivity contribution in [1.29, 1.82) is 0 Å². The molecule has 2 aromatic rings. The summed E-state index contributed by atoms with van der Waals surface area (Å²) in [5, 5.41) is 17.1. The van der Waals surface area contributed by atoms with E-state index in [1.54, 1.807) is 11.1 Å². The number of benzene rings is 1. The molecule has 2 N–H and O–H groups in total. The molecule has 0 saturated heterocycles. The van der Waals surface area contributed by atoms with Crippen molar-refractivity contribution in [1.82, 2.24) is 15.1 Å². The van der Waals surface area contributed by atoms with Gasteiger partial charge in [0, 0.05) is 18.5 Å². The molecule has 25 heavy (non-hydrogen) atoms. The van der Waals surface area contributed by atoms with Crippen molar-refractivity contribution in [3.05, 3.63) is 23.4 Å². The fraction of sp³-hybridized carbons (Fsp3) is 0.500. The van der Waals surface area contributed by atoms with Gasteiger partial charge in [0.2, 0.25) is 5.91 Å². The first-order valence-corrected chi connectivity index (χ1v) is 8.39. The number of hydrogen-bond donors (Lipinski definition) is 2. The molecule has 2 radical (unpaired) electrons. The molecule has 0 saturated carbocycles. The van der Waals surface area contributed by atoms with E-state index in [-0.39, 0.29) is 17.7 Å². The quantitative estimate of drug-likeness (QED) is 0.827. The smallest absolute Gasteiger partial charge is 0.304 e. The average Bonchev–Trinajstić information content (AvgIpc) is 2.93. The second-order valence-electron chi connectivity index (χ2n) is 8.02. The van der Waals surface area contributed by atoms with Gasteiger partial charge in [-0.05, 0) is 23.0 Å². The summed E-state index contributed by atoms with van der Waals surface area (Å²) >= 11 is 0. The van der Waals surface area contributed by atoms with Gasteiger partial charge < -0.3 is 10.0 Å². The lowest BCUT2D eigenvalue weighted by atomic mass is 9.86. The minimum absolute atomic E-state index is 0.0861. The molecule has 1 aliphatic rings. The van der Waals surface area contributed by atoms with Gasteiger partial charge in [0.15, 0.2) is 0 Å². The van der Waals surface area contributed by atoms with Crippen LogP contribution in [0.2, 0.25) is 0 Å². The molecule has 1 aromatic heterocycles. The lowest BCUT2D eigenvalue weighted by Gasteiger charge is -2.31. The van der Waals surface area contributed by atoms with E-state index < -0.39 is 11.9 Å². The van der Waals surface area contributed by atoms with E-state index in [1.165, 1.54) is 0 Å². The van der Waals surface area contributed by atoms with Crippen LogP contribution in [0.25, 0.3) is 10.9 Å². The molecule has 7 heteroatoms. The predicted octanol–water partition coefficient (Wildman–Crippen LogP) is 1.38. The summed E-state index contributed by atoms with van der Waals surface area (Å²) in [6.45, 7) is 7.20. The Kier molecular flexibility index (Phi) is 4.35. The van der Waals surface area contributed by atoms with Crippen molar-refractivity contribution in [2.24, 2.45) is 11.3 Å². The molecule has 1 atom stereocenters. The number of hydrogen-bond acceptors (Lipinski definition) is 3. The Morgan fingerprint density at radius 1 is 1.48 bits per heavy atom. The van der Waals surface area contributed by atoms with E-state index in [0.29, 0.717) is 25.0 Å². The monoisotopic (exact) mass is 339 g/mol. The summed E-state index contributed by atoms with van der Waals surface area (Å²) in [6, 6.07) is 1.85. The molecular formula is C18H22BN3O3. The summed E-state index contributed by atoms with van der Waals surface area (Å²) in [5.41, 5.74) is 3.18. The van der Waals surface area contributed by atoms with Gasteiger partial charge in [0.1, 0.15) is 7.85 Å². The first-order chi connectivity index (χ1) is 11.7. The Hall–Kier alpha value is -2.31. The predicted molar refractivity (Wildman–Crippen MR) is 95.8 cm³/mol. The first-order valence-electron chi connectivity index (χ1n) is 8.39. The van der Waals surface area contributed by atoms with Crippen LogP contribution in [0.5, 0.6) is 0 Å². The Morgan fingerprint density at radius 2 is 2.20 bits per heavy atom. The first kappa shape index (κ1) is 17.5. The van der Waals surface area contributed by atoms with Crippen LogP contribution in [0.4, 0.5) is 0 Å². The number of carbonyl (C=O) groups excluding carboxylic acids is 1. The van der Waals surface area contributed by atoms with Crippen molar-refractivity contribution in [2.75, 3.05) is 6.54 Å². The van der Waals surface area contributed by atoms with E-state index in [1.807, 2.05) is 6.07 Å². The topological polar surface area (TPSA) is 86.3 Å². The molecule has 1 aromatic carbocycles. The van der Waals surface area contributed by atoms with Crippen molar-refractivity contribution in [3.8, 4) is 0 Å². The average molecular weight is 339 g/mol. The van der Waals surface area contributed by atoms with Crippen LogP contribution >= 0.6 is 0 Å². The maximum Gasteiger partial charge on any atom is 0.304 e. The van der Waals surface area contributed by atoms with E-state index in [4.69, 9.17) is 7.85 Å². The van der Waals surface area contributed by atoms with Crippen LogP contribution in [0.1, 0.15) is 38.3 Å². The second-order valence-corrected chi connectivity index (χ2v) is 8.02. The lowest BCUT2D eigenvalue weighted by Crippen LogP contribution is -2.40. The van der Waals surface area contributed by atoms with Crippen molar-refractivity contribution >= 4 is 36.1 Å².